The number of para-hydroxylation sites is 1. The number of phenols is 1. The van der Waals surface area contributed by atoms with Crippen molar-refractivity contribution in [2.45, 2.75) is 6.42 Å². The molecule has 0 aliphatic carbocycles. The van der Waals surface area contributed by atoms with Gasteiger partial charge in [0.2, 0.25) is 0 Å². The first-order chi connectivity index (χ1) is 10.4. The van der Waals surface area contributed by atoms with Crippen molar-refractivity contribution >= 4 is 28.9 Å². The van der Waals surface area contributed by atoms with Gasteiger partial charge in [-0.15, -0.1) is 0 Å². The van der Waals surface area contributed by atoms with Crippen LogP contribution in [0.5, 0.6) is 5.75 Å². The van der Waals surface area contributed by atoms with Crippen LogP contribution in [0.3, 0.4) is 0 Å². The Bertz CT molecular complexity index is 772. The highest BCUT2D eigenvalue weighted by Gasteiger charge is 2.20. The van der Waals surface area contributed by atoms with Gasteiger partial charge in [-0.05, 0) is 24.3 Å². The molecule has 0 bridgehead atoms. The van der Waals surface area contributed by atoms with Gasteiger partial charge < -0.3 is 5.11 Å². The van der Waals surface area contributed by atoms with E-state index < -0.39 is 28.6 Å². The fourth-order valence-electron chi connectivity index (χ4n) is 1.88. The SMILES string of the molecule is O=C(CC(=O)c1ccccc1O)c1ccc(Cl)c([N+](=O)[O-])c1. The Morgan fingerprint density at radius 1 is 1.14 bits per heavy atom. The van der Waals surface area contributed by atoms with Gasteiger partial charge in [0, 0.05) is 11.6 Å². The highest BCUT2D eigenvalue weighted by Crippen LogP contribution is 2.26. The van der Waals surface area contributed by atoms with E-state index >= 15 is 0 Å². The van der Waals surface area contributed by atoms with Crippen LogP contribution in [0.25, 0.3) is 0 Å². The summed E-state index contributed by atoms with van der Waals surface area (Å²) in [7, 11) is 0. The molecule has 0 saturated heterocycles. The number of aromatic hydroxyl groups is 1. The molecule has 0 saturated carbocycles. The van der Waals surface area contributed by atoms with Crippen LogP contribution in [-0.2, 0) is 0 Å². The molecule has 0 atom stereocenters. The number of hydrogen-bond acceptors (Lipinski definition) is 5. The molecule has 7 heteroatoms. The molecule has 1 N–H and O–H groups in total. The molecule has 22 heavy (non-hydrogen) atoms. The van der Waals surface area contributed by atoms with Crippen molar-refractivity contribution in [2.75, 3.05) is 0 Å². The average Bonchev–Trinajstić information content (AvgIpc) is 2.47. The lowest BCUT2D eigenvalue weighted by molar-refractivity contribution is -0.384. The number of Topliss-reactive ketones (excluding diaryl/α,β-unsaturated/α-hetero) is 2. The maximum absolute atomic E-state index is 12.1. The second-order valence-corrected chi connectivity index (χ2v) is 4.87. The van der Waals surface area contributed by atoms with Crippen LogP contribution in [0.2, 0.25) is 5.02 Å². The van der Waals surface area contributed by atoms with Crippen molar-refractivity contribution in [1.29, 1.82) is 0 Å². The van der Waals surface area contributed by atoms with Gasteiger partial charge in [0.05, 0.1) is 16.9 Å². The summed E-state index contributed by atoms with van der Waals surface area (Å²) in [6.45, 7) is 0. The molecular weight excluding hydrogens is 310 g/mol. The number of phenolic OH excluding ortho intramolecular Hbond substituents is 1. The zero-order valence-corrected chi connectivity index (χ0v) is 11.9. The Morgan fingerprint density at radius 3 is 2.45 bits per heavy atom. The standard InChI is InChI=1S/C15H10ClNO5/c16-11-6-5-9(7-12(11)17(21)22)14(19)8-15(20)10-3-1-2-4-13(10)18/h1-7,18H,8H2. The maximum atomic E-state index is 12.1. The van der Waals surface area contributed by atoms with E-state index in [1.54, 1.807) is 12.1 Å². The van der Waals surface area contributed by atoms with Gasteiger partial charge in [-0.3, -0.25) is 19.7 Å². The van der Waals surface area contributed by atoms with E-state index in [-0.39, 0.29) is 21.9 Å². The molecule has 0 aliphatic heterocycles. The molecule has 0 heterocycles. The van der Waals surface area contributed by atoms with Crippen molar-refractivity contribution in [3.8, 4) is 5.75 Å². The number of carbonyl (C=O) groups excluding carboxylic acids is 2. The molecule has 112 valence electrons. The Morgan fingerprint density at radius 2 is 1.82 bits per heavy atom. The summed E-state index contributed by atoms with van der Waals surface area (Å²) >= 11 is 5.67. The molecule has 6 nitrogen and oxygen atoms in total. The molecular formula is C15H10ClNO5. The maximum Gasteiger partial charge on any atom is 0.288 e. The summed E-state index contributed by atoms with van der Waals surface area (Å²) in [6.07, 6.45) is -0.504. The smallest absolute Gasteiger partial charge is 0.288 e. The molecule has 0 aliphatic rings. The fraction of sp³-hybridized carbons (Fsp3) is 0.0667. The summed E-state index contributed by atoms with van der Waals surface area (Å²) < 4.78 is 0. The zero-order chi connectivity index (χ0) is 16.3. The molecule has 0 unspecified atom stereocenters. The molecule has 2 rings (SSSR count). The minimum absolute atomic E-state index is 0.0138. The van der Waals surface area contributed by atoms with Crippen molar-refractivity contribution in [1.82, 2.24) is 0 Å². The van der Waals surface area contributed by atoms with Crippen molar-refractivity contribution < 1.29 is 19.6 Å². The average molecular weight is 320 g/mol. The molecule has 0 spiro atoms. The summed E-state index contributed by atoms with van der Waals surface area (Å²) in [5, 5.41) is 20.3. The number of halogens is 1. The number of nitrogens with zero attached hydrogens (tertiary/aromatic N) is 1. The first-order valence-electron chi connectivity index (χ1n) is 6.18. The molecule has 0 fully saturated rings. The summed E-state index contributed by atoms with van der Waals surface area (Å²) in [5.41, 5.74) is -0.360. The third kappa shape index (κ3) is 3.29. The van der Waals surface area contributed by atoms with Gasteiger partial charge in [0.1, 0.15) is 10.8 Å². The van der Waals surface area contributed by atoms with Crippen LogP contribution in [0.1, 0.15) is 27.1 Å². The number of carbonyl (C=O) groups is 2. The lowest BCUT2D eigenvalue weighted by atomic mass is 10.0. The van der Waals surface area contributed by atoms with Gasteiger partial charge in [0.15, 0.2) is 11.6 Å². The van der Waals surface area contributed by atoms with Crippen molar-refractivity contribution in [3.05, 3.63) is 68.7 Å². The topological polar surface area (TPSA) is 97.5 Å². The van der Waals surface area contributed by atoms with Gasteiger partial charge in [-0.25, -0.2) is 0 Å². The molecule has 2 aromatic rings. The van der Waals surface area contributed by atoms with E-state index in [2.05, 4.69) is 0 Å². The first-order valence-corrected chi connectivity index (χ1v) is 6.56. The minimum Gasteiger partial charge on any atom is -0.507 e. The number of nitro groups is 1. The third-order valence-electron chi connectivity index (χ3n) is 2.99. The van der Waals surface area contributed by atoms with Crippen LogP contribution < -0.4 is 0 Å². The van der Waals surface area contributed by atoms with Crippen LogP contribution in [0.15, 0.2) is 42.5 Å². The zero-order valence-electron chi connectivity index (χ0n) is 11.2. The van der Waals surface area contributed by atoms with E-state index in [9.17, 15) is 24.8 Å². The Kier molecular flexibility index (Phi) is 4.53. The molecule has 0 amide bonds. The van der Waals surface area contributed by atoms with Crippen molar-refractivity contribution in [2.24, 2.45) is 0 Å². The normalized spacial score (nSPS) is 10.2. The van der Waals surface area contributed by atoms with E-state index in [0.717, 1.165) is 6.07 Å². The number of benzene rings is 2. The van der Waals surface area contributed by atoms with Crippen LogP contribution in [0.4, 0.5) is 5.69 Å². The lowest BCUT2D eigenvalue weighted by Crippen LogP contribution is -2.09. The summed E-state index contributed by atoms with van der Waals surface area (Å²) in [4.78, 5) is 34.1. The summed E-state index contributed by atoms with van der Waals surface area (Å²) in [6, 6.07) is 9.43. The number of nitro benzene ring substituents is 1. The van der Waals surface area contributed by atoms with E-state index in [1.165, 1.54) is 24.3 Å². The number of rotatable bonds is 5. The Labute approximate surface area is 130 Å². The third-order valence-corrected chi connectivity index (χ3v) is 3.31. The van der Waals surface area contributed by atoms with Crippen LogP contribution >= 0.6 is 11.6 Å². The Balaban J connectivity index is 2.23. The van der Waals surface area contributed by atoms with Gasteiger partial charge in [-0.1, -0.05) is 23.7 Å². The number of ketones is 2. The summed E-state index contributed by atoms with van der Waals surface area (Å²) in [5.74, 6) is -1.38. The predicted octanol–water partition coefficient (Wildman–Crippen LogP) is 3.41. The molecule has 0 radical (unpaired) electrons. The lowest BCUT2D eigenvalue weighted by Gasteiger charge is -2.04. The quantitative estimate of drug-likeness (QED) is 0.394. The molecule has 2 aromatic carbocycles. The fourth-order valence-corrected chi connectivity index (χ4v) is 2.07. The molecule has 0 aromatic heterocycles. The monoisotopic (exact) mass is 319 g/mol. The predicted molar refractivity (Wildman–Crippen MR) is 79.5 cm³/mol. The highest BCUT2D eigenvalue weighted by atomic mass is 35.5. The Hall–Kier alpha value is -2.73. The second-order valence-electron chi connectivity index (χ2n) is 4.46. The van der Waals surface area contributed by atoms with Crippen molar-refractivity contribution in [3.63, 3.8) is 0 Å². The van der Waals surface area contributed by atoms with E-state index in [0.29, 0.717) is 0 Å². The first kappa shape index (κ1) is 15.7. The van der Waals surface area contributed by atoms with E-state index in [1.807, 2.05) is 0 Å². The largest absolute Gasteiger partial charge is 0.507 e. The highest BCUT2D eigenvalue weighted by molar-refractivity contribution is 6.32. The van der Waals surface area contributed by atoms with Gasteiger partial charge in [-0.2, -0.15) is 0 Å². The van der Waals surface area contributed by atoms with Crippen LogP contribution in [0, 0.1) is 10.1 Å². The minimum atomic E-state index is -0.704. The van der Waals surface area contributed by atoms with E-state index in [4.69, 9.17) is 11.6 Å². The van der Waals surface area contributed by atoms with Crippen LogP contribution in [-0.4, -0.2) is 21.6 Å². The number of hydrogen-bond donors (Lipinski definition) is 1. The van der Waals surface area contributed by atoms with Gasteiger partial charge in [0.25, 0.3) is 5.69 Å². The second kappa shape index (κ2) is 6.36. The van der Waals surface area contributed by atoms with Gasteiger partial charge >= 0.3 is 0 Å².